The summed E-state index contributed by atoms with van der Waals surface area (Å²) >= 11 is 0. The highest BCUT2D eigenvalue weighted by Gasteiger charge is 2.61. The molecule has 1 heterocycles. The van der Waals surface area contributed by atoms with Crippen LogP contribution >= 0.6 is 0 Å². The third kappa shape index (κ3) is 3.07. The van der Waals surface area contributed by atoms with Crippen molar-refractivity contribution < 1.29 is 31.9 Å². The summed E-state index contributed by atoms with van der Waals surface area (Å²) in [6, 6.07) is 0.594. The summed E-state index contributed by atoms with van der Waals surface area (Å²) in [6.07, 6.45) is -5.82. The van der Waals surface area contributed by atoms with E-state index in [0.717, 1.165) is 0 Å². The maximum absolute atomic E-state index is 13.4. The minimum Gasteiger partial charge on any atom is -0.480 e. The molecule has 0 aliphatic heterocycles. The summed E-state index contributed by atoms with van der Waals surface area (Å²) in [5.74, 6) is -6.73. The van der Waals surface area contributed by atoms with E-state index in [2.05, 4.69) is 5.10 Å². The number of carboxylic acids is 1. The van der Waals surface area contributed by atoms with Crippen molar-refractivity contribution >= 4 is 5.97 Å². The van der Waals surface area contributed by atoms with Crippen molar-refractivity contribution in [3.05, 3.63) is 17.5 Å². The molecule has 1 N–H and O–H groups in total. The summed E-state index contributed by atoms with van der Waals surface area (Å²) < 4.78 is 64.2. The largest absolute Gasteiger partial charge is 0.480 e. The number of carbonyl (C=O) groups is 1. The fraction of sp³-hybridized carbons (Fsp3) is 0.636. The fourth-order valence-corrected chi connectivity index (χ4v) is 1.43. The molecule has 20 heavy (non-hydrogen) atoms. The number of aromatic nitrogens is 2. The quantitative estimate of drug-likeness (QED) is 0.873. The molecule has 0 amide bonds. The van der Waals surface area contributed by atoms with Gasteiger partial charge < -0.3 is 5.11 Å². The lowest BCUT2D eigenvalue weighted by Crippen LogP contribution is -2.36. The number of carboxylic acid groups (broad SMARTS) is 1. The van der Waals surface area contributed by atoms with Crippen molar-refractivity contribution in [1.82, 2.24) is 9.78 Å². The van der Waals surface area contributed by atoms with E-state index in [0.29, 0.717) is 6.07 Å². The average Bonchev–Trinajstić information content (AvgIpc) is 2.58. The number of nitrogens with zero attached hydrogens (tertiary/aromatic N) is 2. The number of halogens is 5. The van der Waals surface area contributed by atoms with Gasteiger partial charge in [0.2, 0.25) is 0 Å². The van der Waals surface area contributed by atoms with E-state index in [1.54, 1.807) is 20.8 Å². The Morgan fingerprint density at radius 3 is 2.10 bits per heavy atom. The van der Waals surface area contributed by atoms with Gasteiger partial charge in [0.25, 0.3) is 0 Å². The van der Waals surface area contributed by atoms with Crippen molar-refractivity contribution in [1.29, 1.82) is 0 Å². The summed E-state index contributed by atoms with van der Waals surface area (Å²) in [5, 5.41) is 12.1. The Hall–Kier alpha value is -1.67. The van der Waals surface area contributed by atoms with Crippen molar-refractivity contribution in [2.45, 2.75) is 44.8 Å². The number of aliphatic carboxylic acids is 1. The minimum absolute atomic E-state index is 0.0438. The lowest BCUT2D eigenvalue weighted by atomic mass is 9.92. The molecule has 114 valence electrons. The fourth-order valence-electron chi connectivity index (χ4n) is 1.43. The van der Waals surface area contributed by atoms with Gasteiger partial charge in [-0.25, -0.2) is 0 Å². The first-order valence-electron chi connectivity index (χ1n) is 5.52. The van der Waals surface area contributed by atoms with E-state index < -0.39 is 35.7 Å². The first-order chi connectivity index (χ1) is 8.76. The van der Waals surface area contributed by atoms with Crippen LogP contribution in [-0.4, -0.2) is 27.0 Å². The molecular weight excluding hydrogens is 287 g/mol. The number of hydrogen-bond acceptors (Lipinski definition) is 2. The third-order valence-corrected chi connectivity index (χ3v) is 2.51. The first-order valence-corrected chi connectivity index (χ1v) is 5.52. The monoisotopic (exact) mass is 300 g/mol. The molecular formula is C11H13F5N2O2. The van der Waals surface area contributed by atoms with Gasteiger partial charge in [0, 0.05) is 5.41 Å². The van der Waals surface area contributed by atoms with Crippen LogP contribution in [0.4, 0.5) is 22.0 Å². The van der Waals surface area contributed by atoms with Crippen LogP contribution < -0.4 is 0 Å². The Balaban J connectivity index is 3.44. The molecule has 0 fully saturated rings. The average molecular weight is 300 g/mol. The van der Waals surface area contributed by atoms with Gasteiger partial charge in [-0.05, 0) is 6.07 Å². The standard InChI is InChI=1S/C11H13F5N2O2/c1-9(2,3)6-4-7(10(12,13)11(14,15)16)18(17-6)5-8(19)20/h4H,5H2,1-3H3,(H,19,20). The van der Waals surface area contributed by atoms with Gasteiger partial charge in [-0.15, -0.1) is 0 Å². The van der Waals surface area contributed by atoms with Crippen molar-refractivity contribution in [2.24, 2.45) is 0 Å². The SMILES string of the molecule is CC(C)(C)c1cc(C(F)(F)C(F)(F)F)n(CC(=O)O)n1. The third-order valence-electron chi connectivity index (χ3n) is 2.51. The van der Waals surface area contributed by atoms with E-state index >= 15 is 0 Å². The van der Waals surface area contributed by atoms with Gasteiger partial charge >= 0.3 is 18.1 Å². The molecule has 0 saturated heterocycles. The van der Waals surface area contributed by atoms with Crippen LogP contribution in [0.2, 0.25) is 0 Å². The zero-order valence-electron chi connectivity index (χ0n) is 10.9. The highest BCUT2D eigenvalue weighted by molar-refractivity contribution is 5.66. The van der Waals surface area contributed by atoms with E-state index in [9.17, 15) is 26.7 Å². The highest BCUT2D eigenvalue weighted by Crippen LogP contribution is 2.44. The second-order valence-electron chi connectivity index (χ2n) is 5.29. The van der Waals surface area contributed by atoms with Crippen LogP contribution in [0.15, 0.2) is 6.07 Å². The van der Waals surface area contributed by atoms with Gasteiger partial charge in [-0.3, -0.25) is 9.48 Å². The van der Waals surface area contributed by atoms with Gasteiger partial charge in [0.1, 0.15) is 12.2 Å². The maximum atomic E-state index is 13.4. The van der Waals surface area contributed by atoms with E-state index in [-0.39, 0.29) is 10.4 Å². The second-order valence-corrected chi connectivity index (χ2v) is 5.29. The van der Waals surface area contributed by atoms with Gasteiger partial charge in [-0.2, -0.15) is 27.1 Å². The Morgan fingerprint density at radius 2 is 1.75 bits per heavy atom. The number of hydrogen-bond donors (Lipinski definition) is 1. The predicted octanol–water partition coefficient (Wildman–Crippen LogP) is 2.92. The first kappa shape index (κ1) is 16.4. The molecule has 4 nitrogen and oxygen atoms in total. The number of rotatable bonds is 3. The normalized spacial score (nSPS) is 13.6. The molecule has 1 aromatic rings. The Bertz CT molecular complexity index is 514. The topological polar surface area (TPSA) is 55.1 Å². The molecule has 9 heteroatoms. The van der Waals surface area contributed by atoms with E-state index in [4.69, 9.17) is 5.11 Å². The van der Waals surface area contributed by atoms with E-state index in [1.165, 1.54) is 0 Å². The molecule has 1 rings (SSSR count). The van der Waals surface area contributed by atoms with Crippen LogP contribution in [0.3, 0.4) is 0 Å². The van der Waals surface area contributed by atoms with Crippen LogP contribution in [-0.2, 0) is 22.7 Å². The van der Waals surface area contributed by atoms with Gasteiger partial charge in [-0.1, -0.05) is 20.8 Å². The Labute approximate surface area is 111 Å². The van der Waals surface area contributed by atoms with Gasteiger partial charge in [0.05, 0.1) is 5.69 Å². The summed E-state index contributed by atoms with van der Waals surface area (Å²) in [7, 11) is 0. The van der Waals surface area contributed by atoms with Crippen LogP contribution in [0.1, 0.15) is 32.2 Å². The lowest BCUT2D eigenvalue weighted by Gasteiger charge is -2.20. The molecule has 0 unspecified atom stereocenters. The highest BCUT2D eigenvalue weighted by atomic mass is 19.4. The second kappa shape index (κ2) is 4.71. The molecule has 0 radical (unpaired) electrons. The lowest BCUT2D eigenvalue weighted by molar-refractivity contribution is -0.292. The number of alkyl halides is 5. The minimum atomic E-state index is -5.82. The van der Waals surface area contributed by atoms with Crippen molar-refractivity contribution in [3.63, 3.8) is 0 Å². The molecule has 0 atom stereocenters. The van der Waals surface area contributed by atoms with E-state index in [1.807, 2.05) is 0 Å². The Kier molecular flexibility index (Phi) is 3.86. The van der Waals surface area contributed by atoms with Crippen molar-refractivity contribution in [2.75, 3.05) is 0 Å². The van der Waals surface area contributed by atoms with Gasteiger partial charge in [0.15, 0.2) is 0 Å². The molecule has 0 aliphatic carbocycles. The van der Waals surface area contributed by atoms with Crippen LogP contribution in [0.5, 0.6) is 0 Å². The molecule has 1 aromatic heterocycles. The predicted molar refractivity (Wildman–Crippen MR) is 58.5 cm³/mol. The smallest absolute Gasteiger partial charge is 0.459 e. The molecule has 0 bridgehead atoms. The van der Waals surface area contributed by atoms with Crippen molar-refractivity contribution in [3.8, 4) is 0 Å². The molecule has 0 spiro atoms. The maximum Gasteiger partial charge on any atom is 0.459 e. The zero-order chi connectivity index (χ0) is 15.9. The zero-order valence-corrected chi connectivity index (χ0v) is 10.9. The summed E-state index contributed by atoms with van der Waals surface area (Å²) in [5.41, 5.74) is -2.31. The molecule has 0 aromatic carbocycles. The van der Waals surface area contributed by atoms with Crippen LogP contribution in [0.25, 0.3) is 0 Å². The van der Waals surface area contributed by atoms with Crippen LogP contribution in [0, 0.1) is 0 Å². The Morgan fingerprint density at radius 1 is 1.25 bits per heavy atom. The summed E-state index contributed by atoms with van der Waals surface area (Å²) in [4.78, 5) is 10.6. The molecule has 0 aliphatic rings. The summed E-state index contributed by atoms with van der Waals surface area (Å²) in [6.45, 7) is 3.62. The molecule has 0 saturated carbocycles.